The molecule has 4 atom stereocenters. The molecule has 8 heteroatoms. The zero-order chi connectivity index (χ0) is 12.6. The fraction of sp³-hybridized carbons (Fsp3) is 0.556. The molecule has 2 heterocycles. The molecule has 1 saturated heterocycles. The van der Waals surface area contributed by atoms with Gasteiger partial charge in [-0.2, -0.15) is 0 Å². The molecular formula is C9H13N3O5. The van der Waals surface area contributed by atoms with Gasteiger partial charge in [0.25, 0.3) is 5.56 Å². The van der Waals surface area contributed by atoms with Crippen molar-refractivity contribution in [2.75, 3.05) is 12.3 Å². The average molecular weight is 243 g/mol. The van der Waals surface area contributed by atoms with Gasteiger partial charge in [0.1, 0.15) is 30.5 Å². The molecule has 5 N–H and O–H groups in total. The maximum atomic E-state index is 11.6. The second-order valence-electron chi connectivity index (χ2n) is 3.79. The van der Waals surface area contributed by atoms with E-state index in [0.717, 1.165) is 17.0 Å². The summed E-state index contributed by atoms with van der Waals surface area (Å²) in [5, 5.41) is 28.2. The zero-order valence-corrected chi connectivity index (χ0v) is 8.80. The Kier molecular flexibility index (Phi) is 3.11. The van der Waals surface area contributed by atoms with Crippen LogP contribution in [0.5, 0.6) is 0 Å². The predicted octanol–water partition coefficient (Wildman–Crippen LogP) is -2.56. The normalized spacial score (nSPS) is 32.9. The van der Waals surface area contributed by atoms with Crippen LogP contribution in [0.25, 0.3) is 0 Å². The minimum Gasteiger partial charge on any atom is -0.394 e. The molecule has 8 nitrogen and oxygen atoms in total. The lowest BCUT2D eigenvalue weighted by molar-refractivity contribution is -0.0548. The van der Waals surface area contributed by atoms with Crippen LogP contribution in [-0.2, 0) is 4.74 Å². The summed E-state index contributed by atoms with van der Waals surface area (Å²) in [6.07, 6.45) is -3.45. The van der Waals surface area contributed by atoms with Gasteiger partial charge < -0.3 is 25.8 Å². The van der Waals surface area contributed by atoms with Crippen molar-refractivity contribution in [1.29, 1.82) is 0 Å². The van der Waals surface area contributed by atoms with Crippen molar-refractivity contribution in [1.82, 2.24) is 9.55 Å². The van der Waals surface area contributed by atoms with E-state index in [-0.39, 0.29) is 5.82 Å². The van der Waals surface area contributed by atoms with Gasteiger partial charge in [-0.1, -0.05) is 0 Å². The molecule has 1 aliphatic heterocycles. The molecule has 1 fully saturated rings. The van der Waals surface area contributed by atoms with E-state index in [1.54, 1.807) is 0 Å². The van der Waals surface area contributed by atoms with Crippen molar-refractivity contribution in [2.24, 2.45) is 0 Å². The monoisotopic (exact) mass is 243 g/mol. The number of ether oxygens (including phenoxy) is 1. The van der Waals surface area contributed by atoms with Gasteiger partial charge in [0, 0.05) is 6.07 Å². The Morgan fingerprint density at radius 2 is 2.18 bits per heavy atom. The highest BCUT2D eigenvalue weighted by molar-refractivity contribution is 5.23. The quantitative estimate of drug-likeness (QED) is 0.449. The third-order valence-electron chi connectivity index (χ3n) is 2.65. The number of aliphatic hydroxyl groups excluding tert-OH is 3. The molecule has 0 aromatic carbocycles. The number of nitrogen functional groups attached to an aromatic ring is 1. The van der Waals surface area contributed by atoms with Crippen LogP contribution in [0.4, 0.5) is 5.82 Å². The Hall–Kier alpha value is -1.48. The van der Waals surface area contributed by atoms with Crippen molar-refractivity contribution < 1.29 is 20.1 Å². The van der Waals surface area contributed by atoms with Crippen molar-refractivity contribution in [3.8, 4) is 0 Å². The Bertz CT molecular complexity index is 462. The number of hydrogen-bond donors (Lipinski definition) is 4. The number of hydrogen-bond acceptors (Lipinski definition) is 7. The van der Waals surface area contributed by atoms with E-state index in [1.807, 2.05) is 0 Å². The maximum absolute atomic E-state index is 11.6. The Morgan fingerprint density at radius 1 is 1.47 bits per heavy atom. The van der Waals surface area contributed by atoms with E-state index in [9.17, 15) is 15.0 Å². The van der Waals surface area contributed by atoms with Crippen LogP contribution in [0, 0.1) is 0 Å². The molecule has 0 saturated carbocycles. The molecule has 1 aromatic rings. The summed E-state index contributed by atoms with van der Waals surface area (Å²) < 4.78 is 6.19. The molecule has 1 aromatic heterocycles. The van der Waals surface area contributed by atoms with Crippen LogP contribution in [0.3, 0.4) is 0 Å². The summed E-state index contributed by atoms with van der Waals surface area (Å²) in [7, 11) is 0. The van der Waals surface area contributed by atoms with Crippen molar-refractivity contribution in [3.63, 3.8) is 0 Å². The topological polar surface area (TPSA) is 131 Å². The Labute approximate surface area is 95.9 Å². The fourth-order valence-corrected chi connectivity index (χ4v) is 1.73. The second kappa shape index (κ2) is 4.41. The number of aromatic nitrogens is 2. The SMILES string of the molecule is Nc1cc(=O)n(C2OC(CO)C(O)C2O)cn1. The van der Waals surface area contributed by atoms with Crippen molar-refractivity contribution in [2.45, 2.75) is 24.5 Å². The number of anilines is 1. The number of nitrogens with zero attached hydrogens (tertiary/aromatic N) is 2. The highest BCUT2D eigenvalue weighted by atomic mass is 16.6. The average Bonchev–Trinajstić information content (AvgIpc) is 2.57. The number of aliphatic hydroxyl groups is 3. The first-order valence-corrected chi connectivity index (χ1v) is 5.00. The highest BCUT2D eigenvalue weighted by Gasteiger charge is 2.43. The van der Waals surface area contributed by atoms with Gasteiger partial charge in [-0.15, -0.1) is 0 Å². The molecule has 0 aliphatic carbocycles. The van der Waals surface area contributed by atoms with Gasteiger partial charge in [0.15, 0.2) is 6.23 Å². The van der Waals surface area contributed by atoms with Crippen LogP contribution in [0.15, 0.2) is 17.2 Å². The fourth-order valence-electron chi connectivity index (χ4n) is 1.73. The lowest BCUT2D eigenvalue weighted by atomic mass is 10.1. The molecule has 0 bridgehead atoms. The van der Waals surface area contributed by atoms with E-state index in [2.05, 4.69) is 4.98 Å². The molecule has 1 aliphatic rings. The van der Waals surface area contributed by atoms with Crippen molar-refractivity contribution >= 4 is 5.82 Å². The molecular weight excluding hydrogens is 230 g/mol. The van der Waals surface area contributed by atoms with Gasteiger partial charge in [-0.25, -0.2) is 4.98 Å². The van der Waals surface area contributed by atoms with Crippen molar-refractivity contribution in [3.05, 3.63) is 22.7 Å². The lowest BCUT2D eigenvalue weighted by Crippen LogP contribution is -2.35. The van der Waals surface area contributed by atoms with Gasteiger partial charge >= 0.3 is 0 Å². The molecule has 0 amide bonds. The second-order valence-corrected chi connectivity index (χ2v) is 3.79. The van der Waals surface area contributed by atoms with Gasteiger partial charge in [-0.05, 0) is 0 Å². The van der Waals surface area contributed by atoms with E-state index in [1.165, 1.54) is 0 Å². The summed E-state index contributed by atoms with van der Waals surface area (Å²) in [4.78, 5) is 15.3. The predicted molar refractivity (Wildman–Crippen MR) is 55.9 cm³/mol. The first-order chi connectivity index (χ1) is 8.04. The van der Waals surface area contributed by atoms with E-state index in [0.29, 0.717) is 0 Å². The molecule has 2 rings (SSSR count). The van der Waals surface area contributed by atoms with Gasteiger partial charge in [0.2, 0.25) is 0 Å². The Balaban J connectivity index is 2.32. The molecule has 17 heavy (non-hydrogen) atoms. The maximum Gasteiger partial charge on any atom is 0.257 e. The lowest BCUT2D eigenvalue weighted by Gasteiger charge is -2.16. The van der Waals surface area contributed by atoms with Crippen LogP contribution < -0.4 is 11.3 Å². The first kappa shape index (κ1) is 12.0. The third-order valence-corrected chi connectivity index (χ3v) is 2.65. The van der Waals surface area contributed by atoms with Gasteiger partial charge in [-0.3, -0.25) is 9.36 Å². The molecule has 0 spiro atoms. The summed E-state index contributed by atoms with van der Waals surface area (Å²) in [5.41, 5.74) is 4.82. The largest absolute Gasteiger partial charge is 0.394 e. The van der Waals surface area contributed by atoms with E-state index >= 15 is 0 Å². The summed E-state index contributed by atoms with van der Waals surface area (Å²) in [6.45, 7) is -0.453. The summed E-state index contributed by atoms with van der Waals surface area (Å²) in [5.74, 6) is 0.0537. The van der Waals surface area contributed by atoms with E-state index < -0.39 is 36.7 Å². The van der Waals surface area contributed by atoms with Gasteiger partial charge in [0.05, 0.1) is 6.61 Å². The van der Waals surface area contributed by atoms with Crippen LogP contribution in [-0.4, -0.2) is 49.8 Å². The van der Waals surface area contributed by atoms with Crippen LogP contribution >= 0.6 is 0 Å². The van der Waals surface area contributed by atoms with E-state index in [4.69, 9.17) is 15.6 Å². The molecule has 94 valence electrons. The standard InChI is InChI=1S/C9H13N3O5/c10-5-1-6(14)12(3-11-5)9-8(16)7(15)4(2-13)17-9/h1,3-4,7-9,13,15-16H,2,10H2. The summed E-state index contributed by atoms with van der Waals surface area (Å²) >= 11 is 0. The molecule has 4 unspecified atom stereocenters. The van der Waals surface area contributed by atoms with Crippen LogP contribution in [0.1, 0.15) is 6.23 Å². The smallest absolute Gasteiger partial charge is 0.257 e. The number of nitrogens with two attached hydrogens (primary N) is 1. The zero-order valence-electron chi connectivity index (χ0n) is 8.80. The Morgan fingerprint density at radius 3 is 2.71 bits per heavy atom. The first-order valence-electron chi connectivity index (χ1n) is 5.00. The summed E-state index contributed by atoms with van der Waals surface area (Å²) in [6, 6.07) is 1.08. The third kappa shape index (κ3) is 2.03. The highest BCUT2D eigenvalue weighted by Crippen LogP contribution is 2.27. The van der Waals surface area contributed by atoms with Crippen LogP contribution in [0.2, 0.25) is 0 Å². The number of rotatable bonds is 2. The molecule has 0 radical (unpaired) electrons. The minimum atomic E-state index is -1.31. The minimum absolute atomic E-state index is 0.0537.